The molecule has 0 unspecified atom stereocenters. The third-order valence-corrected chi connectivity index (χ3v) is 8.68. The molecule has 0 radical (unpaired) electrons. The first-order chi connectivity index (χ1) is 20.4. The first kappa shape index (κ1) is 29.0. The molecule has 0 amide bonds. The minimum absolute atomic E-state index is 0.0680. The van der Waals surface area contributed by atoms with Gasteiger partial charge in [-0.3, -0.25) is 9.48 Å². The number of nitrogen functional groups attached to an aromatic ring is 1. The van der Waals surface area contributed by atoms with Gasteiger partial charge in [0.05, 0.1) is 38.9 Å². The third kappa shape index (κ3) is 5.54. The Bertz CT molecular complexity index is 2020. The Kier molecular flexibility index (Phi) is 7.32. The minimum atomic E-state index is -0.755. The molecule has 6 aromatic rings. The summed E-state index contributed by atoms with van der Waals surface area (Å²) in [4.78, 5) is 23.1. The number of fused-ring (bicyclic) bond motifs is 2. The fourth-order valence-corrected chi connectivity index (χ4v) is 6.64. The number of aryl methyl sites for hydroxylation is 2. The Morgan fingerprint density at radius 1 is 1.02 bits per heavy atom. The number of ether oxygens (including phenoxy) is 1. The highest BCUT2D eigenvalue weighted by Gasteiger charge is 2.30. The van der Waals surface area contributed by atoms with Gasteiger partial charge >= 0.3 is 0 Å². The molecule has 3 aromatic carbocycles. The van der Waals surface area contributed by atoms with Gasteiger partial charge in [-0.2, -0.15) is 5.10 Å². The number of pyridine rings is 1. The standard InChI is InChI=1S/C34H32ClN5O2S/c1-18-15-26-32(29(20-7-10-23(35)11-8-20)28(18)31(19(2)41)42-34(3,4)5)43-33(39-26)30-24(36)12-13-25(38-30)21-9-14-27-22(16-21)17-37-40(27)6/h7-17,31H,36H2,1-6H3/t31-/m1/s1. The topological polar surface area (TPSA) is 95.9 Å². The SMILES string of the molecule is CC(=O)[C@@H](OC(C)(C)C)c1c(C)cc2nc(-c3nc(-c4ccc5c(cnn5C)c4)ccc3N)sc2c1-c1ccc(Cl)cc1. The van der Waals surface area contributed by atoms with Gasteiger partial charge in [-0.1, -0.05) is 29.8 Å². The summed E-state index contributed by atoms with van der Waals surface area (Å²) in [5, 5.41) is 6.72. The van der Waals surface area contributed by atoms with E-state index in [2.05, 4.69) is 11.2 Å². The van der Waals surface area contributed by atoms with E-state index in [9.17, 15) is 4.79 Å². The highest BCUT2D eigenvalue weighted by molar-refractivity contribution is 7.22. The Balaban J connectivity index is 1.56. The zero-order chi connectivity index (χ0) is 30.6. The van der Waals surface area contributed by atoms with Gasteiger partial charge in [0.15, 0.2) is 5.78 Å². The van der Waals surface area contributed by atoms with E-state index < -0.39 is 11.7 Å². The predicted octanol–water partition coefficient (Wildman–Crippen LogP) is 8.57. The summed E-state index contributed by atoms with van der Waals surface area (Å²) in [5.41, 5.74) is 14.3. The molecular formula is C34H32ClN5O2S. The average Bonchev–Trinajstić information content (AvgIpc) is 3.54. The molecule has 0 saturated heterocycles. The molecule has 2 N–H and O–H groups in total. The van der Waals surface area contributed by atoms with Crippen LogP contribution in [0.3, 0.4) is 0 Å². The number of nitrogens with two attached hydrogens (primary N) is 1. The van der Waals surface area contributed by atoms with Gasteiger partial charge in [-0.15, -0.1) is 11.3 Å². The quantitative estimate of drug-likeness (QED) is 0.203. The highest BCUT2D eigenvalue weighted by Crippen LogP contribution is 2.45. The number of halogens is 1. The molecule has 0 fully saturated rings. The van der Waals surface area contributed by atoms with Gasteiger partial charge in [-0.05, 0) is 88.2 Å². The van der Waals surface area contributed by atoms with Crippen molar-refractivity contribution in [3.8, 4) is 33.1 Å². The number of ketones is 1. The Hall–Kier alpha value is -4.11. The monoisotopic (exact) mass is 609 g/mol. The summed E-state index contributed by atoms with van der Waals surface area (Å²) in [7, 11) is 1.92. The van der Waals surface area contributed by atoms with Crippen LogP contribution in [0, 0.1) is 6.92 Å². The molecule has 0 spiro atoms. The number of carbonyl (C=O) groups excluding carboxylic acids is 1. The van der Waals surface area contributed by atoms with Crippen molar-refractivity contribution in [2.45, 2.75) is 46.3 Å². The Morgan fingerprint density at radius 3 is 2.44 bits per heavy atom. The number of aromatic nitrogens is 4. The summed E-state index contributed by atoms with van der Waals surface area (Å²) in [6.07, 6.45) is 1.09. The average molecular weight is 610 g/mol. The molecule has 0 bridgehead atoms. The lowest BCUT2D eigenvalue weighted by atomic mass is 9.90. The molecule has 1 atom stereocenters. The summed E-state index contributed by atoms with van der Waals surface area (Å²) in [6, 6.07) is 19.6. The van der Waals surface area contributed by atoms with Crippen molar-refractivity contribution in [2.75, 3.05) is 5.73 Å². The maximum absolute atomic E-state index is 13.1. The lowest BCUT2D eigenvalue weighted by molar-refractivity contribution is -0.138. The maximum Gasteiger partial charge on any atom is 0.163 e. The predicted molar refractivity (Wildman–Crippen MR) is 176 cm³/mol. The lowest BCUT2D eigenvalue weighted by Gasteiger charge is -2.29. The van der Waals surface area contributed by atoms with Crippen LogP contribution in [-0.2, 0) is 16.6 Å². The van der Waals surface area contributed by atoms with E-state index >= 15 is 0 Å². The highest BCUT2D eigenvalue weighted by atomic mass is 35.5. The van der Waals surface area contributed by atoms with E-state index in [1.165, 1.54) is 11.3 Å². The second-order valence-corrected chi connectivity index (χ2v) is 13.2. The Morgan fingerprint density at radius 2 is 1.74 bits per heavy atom. The van der Waals surface area contributed by atoms with Gasteiger partial charge in [0.1, 0.15) is 16.8 Å². The summed E-state index contributed by atoms with van der Waals surface area (Å²) in [5.74, 6) is -0.0680. The third-order valence-electron chi connectivity index (χ3n) is 7.33. The van der Waals surface area contributed by atoms with Crippen molar-refractivity contribution in [3.05, 3.63) is 83.0 Å². The van der Waals surface area contributed by atoms with Gasteiger partial charge in [0.25, 0.3) is 0 Å². The van der Waals surface area contributed by atoms with Crippen molar-refractivity contribution in [1.29, 1.82) is 0 Å². The van der Waals surface area contributed by atoms with Crippen molar-refractivity contribution in [2.24, 2.45) is 7.05 Å². The van der Waals surface area contributed by atoms with Crippen LogP contribution in [0.1, 0.15) is 44.9 Å². The molecule has 0 aliphatic rings. The number of anilines is 1. The van der Waals surface area contributed by atoms with Gasteiger partial charge in [0.2, 0.25) is 0 Å². The minimum Gasteiger partial charge on any atom is -0.397 e. The second-order valence-electron chi connectivity index (χ2n) is 11.8. The van der Waals surface area contributed by atoms with Crippen LogP contribution in [0.2, 0.25) is 5.02 Å². The molecule has 9 heteroatoms. The van der Waals surface area contributed by atoms with Crippen LogP contribution in [0.5, 0.6) is 0 Å². The summed E-state index contributed by atoms with van der Waals surface area (Å²) < 4.78 is 9.15. The largest absolute Gasteiger partial charge is 0.397 e. The van der Waals surface area contributed by atoms with Crippen LogP contribution in [0.25, 0.3) is 54.2 Å². The number of nitrogens with zero attached hydrogens (tertiary/aromatic N) is 4. The van der Waals surface area contributed by atoms with Crippen LogP contribution in [-0.4, -0.2) is 31.1 Å². The maximum atomic E-state index is 13.1. The number of rotatable bonds is 6. The number of benzene rings is 3. The Labute approximate surface area is 259 Å². The van der Waals surface area contributed by atoms with Crippen LogP contribution in [0.4, 0.5) is 5.69 Å². The molecule has 3 aromatic heterocycles. The first-order valence-corrected chi connectivity index (χ1v) is 15.2. The van der Waals surface area contributed by atoms with Gasteiger partial charge in [-0.25, -0.2) is 9.97 Å². The van der Waals surface area contributed by atoms with Crippen LogP contribution < -0.4 is 5.73 Å². The van der Waals surface area contributed by atoms with Crippen LogP contribution in [0.15, 0.2) is 66.9 Å². The number of hydrogen-bond acceptors (Lipinski definition) is 7. The lowest BCUT2D eigenvalue weighted by Crippen LogP contribution is -2.27. The molecule has 218 valence electrons. The van der Waals surface area contributed by atoms with Crippen molar-refractivity contribution in [3.63, 3.8) is 0 Å². The van der Waals surface area contributed by atoms with Gasteiger partial charge in [0, 0.05) is 34.1 Å². The number of carbonyl (C=O) groups is 1. The zero-order valence-electron chi connectivity index (χ0n) is 24.9. The van der Waals surface area contributed by atoms with E-state index in [1.807, 2.05) is 100 Å². The zero-order valence-corrected chi connectivity index (χ0v) is 26.5. The van der Waals surface area contributed by atoms with E-state index in [4.69, 9.17) is 32.0 Å². The first-order valence-electron chi connectivity index (χ1n) is 14.0. The molecule has 7 nitrogen and oxygen atoms in total. The molecule has 3 heterocycles. The second kappa shape index (κ2) is 10.9. The molecule has 0 aliphatic carbocycles. The van der Waals surface area contributed by atoms with Crippen molar-refractivity contribution in [1.82, 2.24) is 19.7 Å². The number of thiazole rings is 1. The summed E-state index contributed by atoms with van der Waals surface area (Å²) in [6.45, 7) is 9.44. The molecule has 6 rings (SSSR count). The van der Waals surface area contributed by atoms with Crippen molar-refractivity contribution < 1.29 is 9.53 Å². The molecular weight excluding hydrogens is 578 g/mol. The molecule has 43 heavy (non-hydrogen) atoms. The van der Waals surface area contributed by atoms with E-state index in [1.54, 1.807) is 6.92 Å². The van der Waals surface area contributed by atoms with E-state index in [0.29, 0.717) is 21.4 Å². The number of hydrogen-bond donors (Lipinski definition) is 1. The number of Topliss-reactive ketones (excluding diaryl/α,β-unsaturated/α-hetero) is 1. The van der Waals surface area contributed by atoms with E-state index in [0.717, 1.165) is 54.6 Å². The molecule has 0 saturated carbocycles. The normalized spacial score (nSPS) is 12.7. The smallest absolute Gasteiger partial charge is 0.163 e. The molecule has 0 aliphatic heterocycles. The fraction of sp³-hybridized carbons (Fsp3) is 0.235. The fourth-order valence-electron chi connectivity index (χ4n) is 5.38. The van der Waals surface area contributed by atoms with E-state index in [-0.39, 0.29) is 5.78 Å². The van der Waals surface area contributed by atoms with Crippen LogP contribution >= 0.6 is 22.9 Å². The van der Waals surface area contributed by atoms with Crippen molar-refractivity contribution >= 4 is 55.5 Å². The summed E-state index contributed by atoms with van der Waals surface area (Å²) >= 11 is 7.78. The van der Waals surface area contributed by atoms with Gasteiger partial charge < -0.3 is 10.5 Å².